The summed E-state index contributed by atoms with van der Waals surface area (Å²) >= 11 is 0. The highest BCUT2D eigenvalue weighted by atomic mass is 19.1. The Balaban J connectivity index is 0.000000197. The molecule has 20 nitrogen and oxygen atoms in total. The smallest absolute Gasteiger partial charge is 0.123 e. The Morgan fingerprint density at radius 1 is 0.336 bits per heavy atom. The number of nitrogens with zero attached hydrogens (tertiary/aromatic N) is 16. The van der Waals surface area contributed by atoms with Gasteiger partial charge in [0.1, 0.15) is 34.9 Å². The summed E-state index contributed by atoms with van der Waals surface area (Å²) in [6.07, 6.45) is 19.6. The topological polar surface area (TPSA) is 167 Å². The predicted octanol–water partition coefficient (Wildman–Crippen LogP) is 19.0. The first kappa shape index (κ1) is 96.0. The molecule has 6 heterocycles. The number of halogens is 6. The van der Waals surface area contributed by atoms with Crippen molar-refractivity contribution in [3.05, 3.63) is 251 Å². The fraction of sp³-hybridized carbons (Fsp3) is 0.419. The average molecular weight is 1640 g/mol. The second-order valence-corrected chi connectivity index (χ2v) is 30.2. The molecule has 0 amide bonds. The lowest BCUT2D eigenvalue weighted by Crippen LogP contribution is -2.19. The van der Waals surface area contributed by atoms with Crippen LogP contribution in [0.4, 0.5) is 26.3 Å². The van der Waals surface area contributed by atoms with E-state index in [1.165, 1.54) is 96.8 Å². The van der Waals surface area contributed by atoms with Crippen molar-refractivity contribution in [3.63, 3.8) is 0 Å². The Labute approximate surface area is 701 Å². The minimum absolute atomic E-state index is 0.212. The van der Waals surface area contributed by atoms with Crippen LogP contribution in [-0.2, 0) is 75.9 Å². The zero-order valence-electron chi connectivity index (χ0n) is 72.8. The fourth-order valence-corrected chi connectivity index (χ4v) is 13.8. The maximum atomic E-state index is 13.2. The number of aromatic nitrogens is 12. The maximum absolute atomic E-state index is 13.2. The highest BCUT2D eigenvalue weighted by molar-refractivity contribution is 5.67. The van der Waals surface area contributed by atoms with Crippen LogP contribution in [0.15, 0.2) is 183 Å². The molecule has 2 N–H and O–H groups in total. The number of rotatable bonds is 37. The van der Waals surface area contributed by atoms with E-state index in [0.717, 1.165) is 200 Å². The van der Waals surface area contributed by atoms with Crippen molar-refractivity contribution < 1.29 is 35.8 Å². The minimum Gasteiger partial charge on any atom is -0.383 e. The van der Waals surface area contributed by atoms with Crippen LogP contribution < -0.4 is 0 Å². The van der Waals surface area contributed by atoms with Gasteiger partial charge in [-0.2, -0.15) is 30.6 Å². The summed E-state index contributed by atoms with van der Waals surface area (Å²) in [7, 11) is 19.8. The van der Waals surface area contributed by atoms with Crippen LogP contribution in [0.1, 0.15) is 120 Å². The SMILES string of the molecule is CCCCN(C)Cc1cn[nH]c1-c1ccc(F)cc1.CCCN(C)Cc1cn(C)nc1-c1ccc(F)cc1.CCCN(C)Cc1cn(CCOC)nc1-c1ccc(F)cc1.CCCN(C)Cc1cn[nH]c1-c1ccc(F)cc1.CCCN(C)Cc1cnn(C)c1-c1ccc(F)cc1.CCCN(C)Cc1cnn(CCOC)c1-c1ccc(F)cc1. The van der Waals surface area contributed by atoms with E-state index in [0.29, 0.717) is 26.3 Å². The molecule has 0 radical (unpaired) electrons. The lowest BCUT2D eigenvalue weighted by Gasteiger charge is -2.16. The third kappa shape index (κ3) is 31.8. The van der Waals surface area contributed by atoms with Crippen molar-refractivity contribution in [2.75, 3.05) is 109 Å². The largest absolute Gasteiger partial charge is 0.383 e. The molecule has 0 aliphatic heterocycles. The lowest BCUT2D eigenvalue weighted by atomic mass is 10.1. The van der Waals surface area contributed by atoms with E-state index in [9.17, 15) is 26.3 Å². The molecule has 0 unspecified atom stereocenters. The summed E-state index contributed by atoms with van der Waals surface area (Å²) < 4.78 is 95.9. The Morgan fingerprint density at radius 2 is 0.655 bits per heavy atom. The molecule has 6 aromatic carbocycles. The minimum atomic E-state index is -0.229. The molecule has 642 valence electrons. The number of methoxy groups -OCH3 is 2. The monoisotopic (exact) mass is 1640 g/mol. The summed E-state index contributed by atoms with van der Waals surface area (Å²) in [6.45, 7) is 27.0. The van der Waals surface area contributed by atoms with Crippen LogP contribution in [0.25, 0.3) is 67.5 Å². The van der Waals surface area contributed by atoms with Crippen LogP contribution in [0.2, 0.25) is 0 Å². The van der Waals surface area contributed by atoms with Crippen molar-refractivity contribution in [1.82, 2.24) is 88.9 Å². The summed E-state index contributed by atoms with van der Waals surface area (Å²) in [5.41, 5.74) is 18.6. The second-order valence-electron chi connectivity index (χ2n) is 30.2. The second kappa shape index (κ2) is 51.3. The molecule has 0 aliphatic carbocycles. The van der Waals surface area contributed by atoms with E-state index in [1.807, 2.05) is 63.8 Å². The quantitative estimate of drug-likeness (QED) is 0.0353. The van der Waals surface area contributed by atoms with Crippen molar-refractivity contribution in [2.45, 2.75) is 139 Å². The number of benzene rings is 6. The molecule has 0 atom stereocenters. The fourth-order valence-electron chi connectivity index (χ4n) is 13.8. The molecule has 0 spiro atoms. The van der Waals surface area contributed by atoms with E-state index in [2.05, 4.69) is 160 Å². The number of aryl methyl sites for hydroxylation is 2. The van der Waals surface area contributed by atoms with Crippen molar-refractivity contribution in [2.24, 2.45) is 14.1 Å². The van der Waals surface area contributed by atoms with Gasteiger partial charge >= 0.3 is 0 Å². The molecule has 0 saturated heterocycles. The van der Waals surface area contributed by atoms with Crippen LogP contribution in [0, 0.1) is 34.9 Å². The zero-order chi connectivity index (χ0) is 86.2. The van der Waals surface area contributed by atoms with Crippen molar-refractivity contribution >= 4 is 0 Å². The van der Waals surface area contributed by atoms with Gasteiger partial charge in [0.25, 0.3) is 0 Å². The first-order valence-corrected chi connectivity index (χ1v) is 41.2. The molecular weight excluding hydrogens is 1520 g/mol. The summed E-state index contributed by atoms with van der Waals surface area (Å²) in [5.74, 6) is -1.32. The van der Waals surface area contributed by atoms with Gasteiger partial charge in [0.15, 0.2) is 0 Å². The van der Waals surface area contributed by atoms with E-state index < -0.39 is 0 Å². The third-order valence-corrected chi connectivity index (χ3v) is 19.4. The number of unbranched alkanes of at least 4 members (excludes halogenated alkanes) is 1. The molecule has 0 fully saturated rings. The molecule has 26 heteroatoms. The van der Waals surface area contributed by atoms with Gasteiger partial charge in [-0.3, -0.25) is 28.9 Å². The first-order chi connectivity index (χ1) is 57.4. The van der Waals surface area contributed by atoms with E-state index in [1.54, 1.807) is 87.0 Å². The normalized spacial score (nSPS) is 11.2. The first-order valence-electron chi connectivity index (χ1n) is 41.2. The molecule has 119 heavy (non-hydrogen) atoms. The predicted molar refractivity (Wildman–Crippen MR) is 469 cm³/mol. The average Bonchev–Trinajstić information content (AvgIpc) is 1.70. The van der Waals surface area contributed by atoms with Gasteiger partial charge in [0.05, 0.1) is 85.3 Å². The highest BCUT2D eigenvalue weighted by Gasteiger charge is 2.20. The molecule has 0 bridgehead atoms. The number of hydrogen-bond acceptors (Lipinski definition) is 14. The van der Waals surface area contributed by atoms with Gasteiger partial charge in [-0.15, -0.1) is 0 Å². The van der Waals surface area contributed by atoms with Gasteiger partial charge < -0.3 is 38.9 Å². The Hall–Kier alpha value is -10.2. The lowest BCUT2D eigenvalue weighted by molar-refractivity contribution is 0.183. The summed E-state index contributed by atoms with van der Waals surface area (Å²) in [4.78, 5) is 13.6. The molecule has 0 saturated carbocycles. The van der Waals surface area contributed by atoms with Crippen molar-refractivity contribution in [3.8, 4) is 67.5 Å². The van der Waals surface area contributed by atoms with E-state index >= 15 is 0 Å². The number of ether oxygens (including phenoxy) is 2. The summed E-state index contributed by atoms with van der Waals surface area (Å²) in [6, 6.07) is 39.2. The van der Waals surface area contributed by atoms with E-state index in [4.69, 9.17) is 9.47 Å². The van der Waals surface area contributed by atoms with Gasteiger partial charge in [-0.1, -0.05) is 48.0 Å². The Morgan fingerprint density at radius 3 is 1.04 bits per heavy atom. The number of H-pyrrole nitrogens is 2. The number of nitrogens with one attached hydrogen (secondary N) is 2. The Bertz CT molecular complexity index is 4750. The standard InChI is InChI=1S/2C17H24FN3O.3C15H20FN3.C14H18FN3/c1-4-9-20(2)12-15-13-21(10-11-22-3)19-17(15)14-5-7-16(18)8-6-14;1-4-9-20(2)13-15-12-19-21(10-11-22-3)17(15)14-5-7-16(18)8-6-14;1-4-9-18(2)10-13-11-19(3)17-15(13)12-5-7-14(16)8-6-12;1-4-9-18(2)11-13-10-17-19(3)15(13)12-5-7-14(16)8-6-12;1-3-4-9-19(2)11-13-10-17-18-15(13)12-5-7-14(16)8-6-12;1-3-8-18(2)10-12-9-16-17-14(12)11-4-6-13(15)7-5-11/h5-8,13H,4,9-12H2,1-3H3;5-8,12H,4,9-11,13H2,1-3H3;5-8,11H,4,9-10H2,1-3H3;5-8,10H,4,9,11H2,1-3H3;5-8,10H,3-4,9,11H2,1-2H3,(H,17,18);4-7,9H,3,8,10H2,1-2H3,(H,16,17). The molecule has 6 aromatic heterocycles. The van der Waals surface area contributed by atoms with E-state index in [-0.39, 0.29) is 34.9 Å². The summed E-state index contributed by atoms with van der Waals surface area (Å²) in [5, 5.41) is 32.1. The zero-order valence-corrected chi connectivity index (χ0v) is 72.8. The van der Waals surface area contributed by atoms with Crippen LogP contribution in [0.5, 0.6) is 0 Å². The molecular formula is C93H126F6N18O2. The molecule has 12 aromatic rings. The number of aromatic amines is 2. The van der Waals surface area contributed by atoms with Crippen molar-refractivity contribution in [1.29, 1.82) is 0 Å². The highest BCUT2D eigenvalue weighted by Crippen LogP contribution is 2.30. The van der Waals surface area contributed by atoms with Gasteiger partial charge in [-0.05, 0) is 266 Å². The van der Waals surface area contributed by atoms with Gasteiger partial charge in [0.2, 0.25) is 0 Å². The van der Waals surface area contributed by atoms with Crippen LogP contribution in [0.3, 0.4) is 0 Å². The van der Waals surface area contributed by atoms with Crippen LogP contribution >= 0.6 is 0 Å². The van der Waals surface area contributed by atoms with Crippen LogP contribution in [-0.4, -0.2) is 198 Å². The molecule has 12 rings (SSSR count). The maximum Gasteiger partial charge on any atom is 0.123 e. The van der Waals surface area contributed by atoms with Gasteiger partial charge in [-0.25, -0.2) is 26.3 Å². The number of hydrogen-bond donors (Lipinski definition) is 2. The third-order valence-electron chi connectivity index (χ3n) is 19.4. The Kier molecular flexibility index (Phi) is 41.4. The van der Waals surface area contributed by atoms with Gasteiger partial charge in [0, 0.05) is 147 Å². The molecule has 0 aliphatic rings.